The van der Waals surface area contributed by atoms with Crippen LogP contribution >= 0.6 is 0 Å². The van der Waals surface area contributed by atoms with Crippen LogP contribution in [0.5, 0.6) is 0 Å². The Labute approximate surface area is 112 Å². The molecule has 0 radical (unpaired) electrons. The molecule has 0 fully saturated rings. The molecule has 2 atom stereocenters. The second kappa shape index (κ2) is 6.12. The van der Waals surface area contributed by atoms with E-state index in [1.807, 2.05) is 42.5 Å². The zero-order chi connectivity index (χ0) is 13.7. The zero-order valence-electron chi connectivity index (χ0n) is 10.5. The fourth-order valence-electron chi connectivity index (χ4n) is 1.85. The van der Waals surface area contributed by atoms with E-state index in [2.05, 4.69) is 11.4 Å². The average molecular weight is 252 g/mol. The minimum atomic E-state index is -0.413. The minimum Gasteiger partial charge on any atom is -0.312 e. The van der Waals surface area contributed by atoms with Crippen molar-refractivity contribution in [3.63, 3.8) is 0 Å². The van der Waals surface area contributed by atoms with Crippen molar-refractivity contribution in [2.75, 3.05) is 0 Å². The van der Waals surface area contributed by atoms with Crippen LogP contribution in [0.25, 0.3) is 0 Å². The fourth-order valence-corrected chi connectivity index (χ4v) is 1.85. The van der Waals surface area contributed by atoms with Crippen molar-refractivity contribution < 1.29 is 0 Å². The molecular weight excluding hydrogens is 236 g/mol. The van der Waals surface area contributed by atoms with Crippen molar-refractivity contribution >= 4 is 0 Å². The summed E-state index contributed by atoms with van der Waals surface area (Å²) in [6.45, 7) is 0. The van der Waals surface area contributed by atoms with Gasteiger partial charge in [-0.2, -0.15) is 5.26 Å². The van der Waals surface area contributed by atoms with Gasteiger partial charge in [0.1, 0.15) is 0 Å². The first-order valence-electron chi connectivity index (χ1n) is 6.03. The zero-order valence-corrected chi connectivity index (χ0v) is 10.5. The molecular formula is C15H16N4. The van der Waals surface area contributed by atoms with Crippen LogP contribution < -0.4 is 16.8 Å². The molecule has 4 heteroatoms. The van der Waals surface area contributed by atoms with Crippen LogP contribution in [0, 0.1) is 11.3 Å². The SMILES string of the molecule is N#Cc1cccc(C(N)NC(N)c2ccccc2)c1. The maximum absolute atomic E-state index is 8.87. The smallest absolute Gasteiger partial charge is 0.0991 e. The first kappa shape index (κ1) is 13.2. The Morgan fingerprint density at radius 1 is 0.895 bits per heavy atom. The molecule has 0 aliphatic heterocycles. The number of nitrogens with zero attached hydrogens (tertiary/aromatic N) is 1. The van der Waals surface area contributed by atoms with E-state index in [1.165, 1.54) is 0 Å². The highest BCUT2D eigenvalue weighted by Crippen LogP contribution is 2.14. The van der Waals surface area contributed by atoms with Crippen molar-refractivity contribution in [1.29, 1.82) is 5.26 Å². The molecule has 0 aromatic heterocycles. The lowest BCUT2D eigenvalue weighted by Crippen LogP contribution is -2.36. The molecule has 0 spiro atoms. The summed E-state index contributed by atoms with van der Waals surface area (Å²) in [6, 6.07) is 19.0. The maximum atomic E-state index is 8.87. The second-order valence-corrected chi connectivity index (χ2v) is 4.27. The van der Waals surface area contributed by atoms with Crippen molar-refractivity contribution in [3.8, 4) is 6.07 Å². The summed E-state index contributed by atoms with van der Waals surface area (Å²) < 4.78 is 0. The van der Waals surface area contributed by atoms with Crippen molar-refractivity contribution in [2.24, 2.45) is 11.5 Å². The van der Waals surface area contributed by atoms with Gasteiger partial charge in [-0.1, -0.05) is 42.5 Å². The minimum absolute atomic E-state index is 0.345. The van der Waals surface area contributed by atoms with Crippen molar-refractivity contribution in [2.45, 2.75) is 12.3 Å². The Hall–Kier alpha value is -2.19. The van der Waals surface area contributed by atoms with E-state index in [1.54, 1.807) is 12.1 Å². The Kier molecular flexibility index (Phi) is 4.26. The molecule has 2 rings (SSSR count). The Morgan fingerprint density at radius 3 is 2.21 bits per heavy atom. The summed E-state index contributed by atoms with van der Waals surface area (Å²) in [5, 5.41) is 12.0. The van der Waals surface area contributed by atoms with E-state index < -0.39 is 6.17 Å². The van der Waals surface area contributed by atoms with Gasteiger partial charge in [0.15, 0.2) is 0 Å². The molecule has 0 aliphatic carbocycles. The highest BCUT2D eigenvalue weighted by molar-refractivity contribution is 5.34. The standard InChI is InChI=1S/C15H16N4/c16-10-11-5-4-8-13(9-11)15(18)19-14(17)12-6-2-1-3-7-12/h1-9,14-15,19H,17-18H2. The van der Waals surface area contributed by atoms with E-state index in [0.29, 0.717) is 5.56 Å². The van der Waals surface area contributed by atoms with Gasteiger partial charge in [-0.15, -0.1) is 0 Å². The van der Waals surface area contributed by atoms with Gasteiger partial charge in [-0.05, 0) is 23.3 Å². The topological polar surface area (TPSA) is 87.9 Å². The molecule has 96 valence electrons. The summed E-state index contributed by atoms with van der Waals surface area (Å²) >= 11 is 0. The predicted molar refractivity (Wildman–Crippen MR) is 74.6 cm³/mol. The molecule has 0 bridgehead atoms. The summed E-state index contributed by atoms with van der Waals surface area (Å²) in [5.74, 6) is 0. The number of rotatable bonds is 4. The first-order valence-corrected chi connectivity index (χ1v) is 6.03. The van der Waals surface area contributed by atoms with Crippen LogP contribution in [-0.2, 0) is 0 Å². The number of hydrogen-bond donors (Lipinski definition) is 3. The fraction of sp³-hybridized carbons (Fsp3) is 0.133. The third kappa shape index (κ3) is 3.39. The number of benzene rings is 2. The van der Waals surface area contributed by atoms with Gasteiger partial charge in [0.25, 0.3) is 0 Å². The molecule has 19 heavy (non-hydrogen) atoms. The quantitative estimate of drug-likeness (QED) is 0.723. The van der Waals surface area contributed by atoms with Crippen LogP contribution in [0.1, 0.15) is 29.0 Å². The summed E-state index contributed by atoms with van der Waals surface area (Å²) in [4.78, 5) is 0. The molecule has 2 aromatic rings. The highest BCUT2D eigenvalue weighted by Gasteiger charge is 2.11. The third-order valence-corrected chi connectivity index (χ3v) is 2.89. The lowest BCUT2D eigenvalue weighted by atomic mass is 10.1. The molecule has 4 nitrogen and oxygen atoms in total. The predicted octanol–water partition coefficient (Wildman–Crippen LogP) is 1.76. The molecule has 0 saturated heterocycles. The van der Waals surface area contributed by atoms with E-state index in [-0.39, 0.29) is 6.17 Å². The number of nitrogens with two attached hydrogens (primary N) is 2. The third-order valence-electron chi connectivity index (χ3n) is 2.89. The normalized spacial score (nSPS) is 13.5. The van der Waals surface area contributed by atoms with Gasteiger partial charge in [0.2, 0.25) is 0 Å². The summed E-state index contributed by atoms with van der Waals surface area (Å²) in [6.07, 6.45) is -0.759. The molecule has 0 amide bonds. The summed E-state index contributed by atoms with van der Waals surface area (Å²) in [5.41, 5.74) is 14.5. The largest absolute Gasteiger partial charge is 0.312 e. The highest BCUT2D eigenvalue weighted by atomic mass is 15.1. The van der Waals surface area contributed by atoms with E-state index in [9.17, 15) is 0 Å². The van der Waals surface area contributed by atoms with Crippen LogP contribution in [-0.4, -0.2) is 0 Å². The average Bonchev–Trinajstić information content (AvgIpc) is 2.48. The number of nitriles is 1. The molecule has 2 aromatic carbocycles. The Bertz CT molecular complexity index is 574. The van der Waals surface area contributed by atoms with Crippen molar-refractivity contribution in [1.82, 2.24) is 5.32 Å². The number of nitrogens with one attached hydrogen (secondary N) is 1. The van der Waals surface area contributed by atoms with Gasteiger partial charge in [-0.25, -0.2) is 0 Å². The molecule has 0 heterocycles. The van der Waals surface area contributed by atoms with Crippen LogP contribution in [0.15, 0.2) is 54.6 Å². The van der Waals surface area contributed by atoms with Gasteiger partial charge in [0.05, 0.1) is 24.0 Å². The Balaban J connectivity index is 2.08. The van der Waals surface area contributed by atoms with E-state index in [0.717, 1.165) is 11.1 Å². The molecule has 2 unspecified atom stereocenters. The van der Waals surface area contributed by atoms with Gasteiger partial charge in [-0.3, -0.25) is 5.32 Å². The van der Waals surface area contributed by atoms with Crippen LogP contribution in [0.2, 0.25) is 0 Å². The van der Waals surface area contributed by atoms with E-state index in [4.69, 9.17) is 16.7 Å². The molecule has 0 aliphatic rings. The first-order chi connectivity index (χ1) is 9.20. The van der Waals surface area contributed by atoms with Crippen LogP contribution in [0.4, 0.5) is 0 Å². The second-order valence-electron chi connectivity index (χ2n) is 4.27. The monoisotopic (exact) mass is 252 g/mol. The molecule has 0 saturated carbocycles. The Morgan fingerprint density at radius 2 is 1.53 bits per heavy atom. The van der Waals surface area contributed by atoms with Crippen LogP contribution in [0.3, 0.4) is 0 Å². The van der Waals surface area contributed by atoms with E-state index >= 15 is 0 Å². The van der Waals surface area contributed by atoms with Gasteiger partial charge < -0.3 is 11.5 Å². The van der Waals surface area contributed by atoms with Gasteiger partial charge in [0, 0.05) is 0 Å². The summed E-state index contributed by atoms with van der Waals surface area (Å²) in [7, 11) is 0. The van der Waals surface area contributed by atoms with Gasteiger partial charge >= 0.3 is 0 Å². The number of hydrogen-bond acceptors (Lipinski definition) is 4. The van der Waals surface area contributed by atoms with Crippen molar-refractivity contribution in [3.05, 3.63) is 71.3 Å². The maximum Gasteiger partial charge on any atom is 0.0991 e. The lowest BCUT2D eigenvalue weighted by molar-refractivity contribution is 0.464. The lowest BCUT2D eigenvalue weighted by Gasteiger charge is -2.20. The molecule has 5 N–H and O–H groups in total.